The quantitative estimate of drug-likeness (QED) is 0.390. The van der Waals surface area contributed by atoms with E-state index in [1.165, 1.54) is 7.11 Å². The van der Waals surface area contributed by atoms with Crippen LogP contribution >= 0.6 is 15.9 Å². The number of allylic oxidation sites excluding steroid dienone is 1. The Hall–Kier alpha value is -1.49. The molecule has 6 aliphatic rings. The van der Waals surface area contributed by atoms with Gasteiger partial charge in [-0.05, 0) is 6.92 Å². The molecular formula is C16H19BrN3O6+. The molecule has 5 saturated heterocycles. The van der Waals surface area contributed by atoms with E-state index in [9.17, 15) is 14.4 Å². The first-order valence-electron chi connectivity index (χ1n) is 8.42. The van der Waals surface area contributed by atoms with Crippen molar-refractivity contribution in [3.63, 3.8) is 0 Å². The second kappa shape index (κ2) is 4.49. The number of hydrogen-bond acceptors (Lipinski definition) is 7. The average Bonchev–Trinajstić information content (AvgIpc) is 2.90. The lowest BCUT2D eigenvalue weighted by atomic mass is 9.69. The van der Waals surface area contributed by atoms with Gasteiger partial charge in [0.2, 0.25) is 23.0 Å². The van der Waals surface area contributed by atoms with Crippen LogP contribution in [0.5, 0.6) is 0 Å². The van der Waals surface area contributed by atoms with E-state index in [0.29, 0.717) is 12.1 Å². The van der Waals surface area contributed by atoms with Gasteiger partial charge in [0.1, 0.15) is 18.6 Å². The third-order valence-corrected chi connectivity index (χ3v) is 8.57. The zero-order chi connectivity index (χ0) is 18.8. The molecule has 10 heteroatoms. The Morgan fingerprint density at radius 3 is 2.62 bits per heavy atom. The second-order valence-corrected chi connectivity index (χ2v) is 8.77. The van der Waals surface area contributed by atoms with Gasteiger partial charge < -0.3 is 19.9 Å². The fourth-order valence-corrected chi connectivity index (χ4v) is 7.71. The van der Waals surface area contributed by atoms with Crippen LogP contribution in [0.25, 0.3) is 0 Å². The van der Waals surface area contributed by atoms with Gasteiger partial charge in [0.25, 0.3) is 0 Å². The van der Waals surface area contributed by atoms with Crippen molar-refractivity contribution in [3.05, 3.63) is 11.3 Å². The van der Waals surface area contributed by atoms with Crippen LogP contribution in [0.2, 0.25) is 0 Å². The maximum Gasteiger partial charge on any atom is 0.404 e. The third-order valence-electron chi connectivity index (χ3n) is 7.09. The lowest BCUT2D eigenvalue weighted by Crippen LogP contribution is -3.23. The molecule has 5 aliphatic heterocycles. The van der Waals surface area contributed by atoms with Gasteiger partial charge in [-0.3, -0.25) is 14.5 Å². The first-order valence-corrected chi connectivity index (χ1v) is 9.21. The van der Waals surface area contributed by atoms with E-state index in [1.54, 1.807) is 14.0 Å². The van der Waals surface area contributed by atoms with Crippen LogP contribution in [-0.2, 0) is 23.8 Å². The smallest absolute Gasteiger partial charge is 0.404 e. The number of rotatable bonds is 4. The first-order chi connectivity index (χ1) is 12.3. The number of nitrogens with two attached hydrogens (primary N) is 1. The molecule has 1 spiro atoms. The van der Waals surface area contributed by atoms with Gasteiger partial charge in [-0.25, -0.2) is 9.69 Å². The minimum absolute atomic E-state index is 0.0169. The Morgan fingerprint density at radius 1 is 1.38 bits per heavy atom. The zero-order valence-electron chi connectivity index (χ0n) is 14.5. The minimum atomic E-state index is -1.31. The van der Waals surface area contributed by atoms with Crippen molar-refractivity contribution >= 4 is 33.6 Å². The fraction of sp³-hybridized carbons (Fsp3) is 0.688. The number of carbonyl (C=O) groups is 3. The van der Waals surface area contributed by atoms with E-state index in [-0.39, 0.29) is 36.0 Å². The number of ketones is 2. The Balaban J connectivity index is 1.76. The summed E-state index contributed by atoms with van der Waals surface area (Å²) in [6.07, 6.45) is -0.928. The van der Waals surface area contributed by atoms with Gasteiger partial charge in [-0.1, -0.05) is 15.9 Å². The molecule has 6 rings (SSSR count). The van der Waals surface area contributed by atoms with Crippen LogP contribution in [0.4, 0.5) is 4.79 Å². The van der Waals surface area contributed by atoms with Crippen molar-refractivity contribution in [2.24, 2.45) is 11.7 Å². The number of carbonyl (C=O) groups excluding carboxylic acids is 3. The van der Waals surface area contributed by atoms with E-state index >= 15 is 0 Å². The maximum atomic E-state index is 13.6. The van der Waals surface area contributed by atoms with Crippen LogP contribution in [0, 0.1) is 5.92 Å². The van der Waals surface area contributed by atoms with Crippen molar-refractivity contribution in [1.82, 2.24) is 4.90 Å². The van der Waals surface area contributed by atoms with Gasteiger partial charge in [-0.2, -0.15) is 0 Å². The maximum absolute atomic E-state index is 13.6. The highest BCUT2D eigenvalue weighted by atomic mass is 79.9. The van der Waals surface area contributed by atoms with Gasteiger partial charge in [0, 0.05) is 12.7 Å². The molecule has 1 aliphatic carbocycles. The number of piperazine rings is 1. The number of hydrogen-bond donors (Lipinski definition) is 2. The number of halogens is 1. The molecule has 0 aromatic heterocycles. The number of methoxy groups -OCH3 is 2. The Labute approximate surface area is 157 Å². The van der Waals surface area contributed by atoms with Crippen molar-refractivity contribution in [2.75, 3.05) is 27.4 Å². The van der Waals surface area contributed by atoms with Crippen LogP contribution in [0.15, 0.2) is 11.3 Å². The van der Waals surface area contributed by atoms with E-state index < -0.39 is 27.7 Å². The number of ether oxygens (including phenoxy) is 3. The van der Waals surface area contributed by atoms with Crippen molar-refractivity contribution in [2.45, 2.75) is 34.7 Å². The predicted molar refractivity (Wildman–Crippen MR) is 88.1 cm³/mol. The Bertz CT molecular complexity index is 831. The molecule has 8 atom stereocenters. The molecule has 1 amide bonds. The second-order valence-electron chi connectivity index (χ2n) is 7.52. The molecule has 0 radical (unpaired) electrons. The fourth-order valence-electron chi connectivity index (χ4n) is 6.43. The Morgan fingerprint density at radius 2 is 2.08 bits per heavy atom. The lowest BCUT2D eigenvalue weighted by Gasteiger charge is -2.43. The van der Waals surface area contributed by atoms with Gasteiger partial charge in [0.05, 0.1) is 19.7 Å². The van der Waals surface area contributed by atoms with Gasteiger partial charge in [-0.15, -0.1) is 0 Å². The van der Waals surface area contributed by atoms with E-state index in [0.717, 1.165) is 4.90 Å². The molecule has 8 unspecified atom stereocenters. The zero-order valence-corrected chi connectivity index (χ0v) is 16.1. The predicted octanol–water partition coefficient (Wildman–Crippen LogP) is -2.08. The highest BCUT2D eigenvalue weighted by molar-refractivity contribution is 9.10. The van der Waals surface area contributed by atoms with E-state index in [1.807, 2.05) is 0 Å². The molecule has 9 nitrogen and oxygen atoms in total. The number of nitrogens with zero attached hydrogens (tertiary/aromatic N) is 1. The van der Waals surface area contributed by atoms with Crippen LogP contribution < -0.4 is 10.6 Å². The first kappa shape index (κ1) is 16.7. The number of Topliss-reactive ketones (excluding diaryl/α,β-unsaturated/α-hetero) is 2. The van der Waals surface area contributed by atoms with E-state index in [2.05, 4.69) is 20.8 Å². The summed E-state index contributed by atoms with van der Waals surface area (Å²) in [7, 11) is 2.95. The number of amides is 1. The third kappa shape index (κ3) is 1.24. The summed E-state index contributed by atoms with van der Waals surface area (Å²) < 4.78 is 15.1. The number of quaternary nitrogens is 1. The van der Waals surface area contributed by atoms with Gasteiger partial charge in [0.15, 0.2) is 10.1 Å². The van der Waals surface area contributed by atoms with Crippen molar-refractivity contribution in [3.8, 4) is 0 Å². The average molecular weight is 429 g/mol. The summed E-state index contributed by atoms with van der Waals surface area (Å²) in [6, 6.07) is 0.192. The largest absolute Gasteiger partial charge is 0.493 e. The number of alkyl halides is 1. The summed E-state index contributed by atoms with van der Waals surface area (Å²) in [6.45, 7) is 2.20. The molecule has 0 aromatic carbocycles. The summed E-state index contributed by atoms with van der Waals surface area (Å²) in [5, 5.41) is 0. The van der Waals surface area contributed by atoms with Crippen molar-refractivity contribution < 1.29 is 33.5 Å². The van der Waals surface area contributed by atoms with Crippen LogP contribution in [0.3, 0.4) is 0 Å². The van der Waals surface area contributed by atoms with Gasteiger partial charge >= 0.3 is 6.09 Å². The Kier molecular flexibility index (Phi) is 2.88. The van der Waals surface area contributed by atoms with Crippen LogP contribution in [0.1, 0.15) is 6.92 Å². The molecule has 0 saturated carbocycles. The molecule has 140 valence electrons. The van der Waals surface area contributed by atoms with Crippen LogP contribution in [-0.4, -0.2) is 77.7 Å². The highest BCUT2D eigenvalue weighted by Crippen LogP contribution is 2.69. The minimum Gasteiger partial charge on any atom is -0.493 e. The van der Waals surface area contributed by atoms with Crippen molar-refractivity contribution in [1.29, 1.82) is 0 Å². The number of nitrogens with one attached hydrogen (secondary N) is 1. The lowest BCUT2D eigenvalue weighted by molar-refractivity contribution is -0.974. The normalized spacial score (nSPS) is 52.4. The topological polar surface area (TPSA) is 112 Å². The molecule has 5 heterocycles. The monoisotopic (exact) mass is 428 g/mol. The molecule has 6 bridgehead atoms. The molecule has 5 fully saturated rings. The SMILES string of the molecule is COC1=C(C)C(=O)C23N4C5C[NH+]2C(OC)(C54)C(COC(N)=O)C3(Br)C1=O. The molecular weight excluding hydrogens is 410 g/mol. The summed E-state index contributed by atoms with van der Waals surface area (Å²) in [4.78, 5) is 41.3. The molecule has 26 heavy (non-hydrogen) atoms. The summed E-state index contributed by atoms with van der Waals surface area (Å²) >= 11 is 3.65. The standard InChI is InChI=1S/C16H18BrN3O6/c1-6-9(24-2)12(22)14(17)8(5-26-13(18)23)15(25-3)10-7-4-19(15)16(14,11(6)21)20(7)10/h7-8,10H,4-5H2,1-3H3,(H2,18,23)/p+1. The number of primary amides is 1. The summed E-state index contributed by atoms with van der Waals surface area (Å²) in [5.41, 5.74) is 3.56. The highest BCUT2D eigenvalue weighted by Gasteiger charge is 3.04. The summed E-state index contributed by atoms with van der Waals surface area (Å²) in [5.74, 6) is -1.01. The molecule has 3 N–H and O–H groups in total. The van der Waals surface area contributed by atoms with E-state index in [4.69, 9.17) is 19.9 Å². The molecule has 0 aromatic rings. The number of piperidine rings is 1.